The number of ether oxygens (including phenoxy) is 1. The molecule has 96 valence electrons. The van der Waals surface area contributed by atoms with Crippen molar-refractivity contribution >= 4 is 15.7 Å². The summed E-state index contributed by atoms with van der Waals surface area (Å²) in [5.41, 5.74) is 0.366. The molecule has 1 atom stereocenters. The van der Waals surface area contributed by atoms with Gasteiger partial charge in [0, 0.05) is 13.7 Å². The van der Waals surface area contributed by atoms with E-state index in [9.17, 15) is 13.5 Å². The second-order valence-electron chi connectivity index (χ2n) is 3.53. The summed E-state index contributed by atoms with van der Waals surface area (Å²) in [6, 6.07) is 6.25. The number of methoxy groups -OCH3 is 1. The Morgan fingerprint density at radius 3 is 2.71 bits per heavy atom. The van der Waals surface area contributed by atoms with Gasteiger partial charge in [-0.25, -0.2) is 13.6 Å². The number of aliphatic hydroxyl groups excluding tert-OH is 1. The van der Waals surface area contributed by atoms with Gasteiger partial charge in [-0.2, -0.15) is 0 Å². The number of hydrogen-bond donors (Lipinski definition) is 3. The molecule has 0 heterocycles. The fourth-order valence-electron chi connectivity index (χ4n) is 1.34. The molecule has 0 aromatic heterocycles. The summed E-state index contributed by atoms with van der Waals surface area (Å²) in [7, 11) is -2.30. The third kappa shape index (κ3) is 4.31. The molecule has 1 aromatic rings. The molecular formula is C10H16N2O4S. The number of hydrogen-bond acceptors (Lipinski definition) is 5. The minimum absolute atomic E-state index is 0.00427. The summed E-state index contributed by atoms with van der Waals surface area (Å²) in [5.74, 6) is 0. The first kappa shape index (κ1) is 13.9. The molecule has 0 fully saturated rings. The molecule has 0 aliphatic carbocycles. The van der Waals surface area contributed by atoms with Crippen LogP contribution in [-0.2, 0) is 14.8 Å². The van der Waals surface area contributed by atoms with Crippen LogP contribution in [0, 0.1) is 0 Å². The molecular weight excluding hydrogens is 244 g/mol. The Morgan fingerprint density at radius 2 is 2.12 bits per heavy atom. The molecule has 0 amide bonds. The first-order chi connectivity index (χ1) is 7.95. The molecule has 0 aliphatic heterocycles. The van der Waals surface area contributed by atoms with E-state index in [1.54, 1.807) is 18.2 Å². The summed E-state index contributed by atoms with van der Waals surface area (Å²) in [4.78, 5) is 0.00427. The largest absolute Gasteiger partial charge is 0.389 e. The Bertz CT molecular complexity index is 461. The van der Waals surface area contributed by atoms with Crippen LogP contribution >= 0.6 is 0 Å². The van der Waals surface area contributed by atoms with Gasteiger partial charge in [-0.1, -0.05) is 12.1 Å². The zero-order chi connectivity index (χ0) is 12.9. The van der Waals surface area contributed by atoms with Crippen molar-refractivity contribution in [3.8, 4) is 0 Å². The third-order valence-corrected chi connectivity index (χ3v) is 3.05. The van der Waals surface area contributed by atoms with Gasteiger partial charge in [0.2, 0.25) is 10.0 Å². The SMILES string of the molecule is COCC(O)CNc1ccccc1S(N)(=O)=O. The van der Waals surface area contributed by atoms with E-state index in [2.05, 4.69) is 5.32 Å². The summed E-state index contributed by atoms with van der Waals surface area (Å²) >= 11 is 0. The van der Waals surface area contributed by atoms with Crippen molar-refractivity contribution in [1.29, 1.82) is 0 Å². The summed E-state index contributed by atoms with van der Waals surface area (Å²) in [5, 5.41) is 17.3. The molecule has 7 heteroatoms. The fraction of sp³-hybridized carbons (Fsp3) is 0.400. The monoisotopic (exact) mass is 260 g/mol. The van der Waals surface area contributed by atoms with Crippen LogP contribution in [0.3, 0.4) is 0 Å². The van der Waals surface area contributed by atoms with Crippen LogP contribution < -0.4 is 10.5 Å². The topological polar surface area (TPSA) is 102 Å². The van der Waals surface area contributed by atoms with Gasteiger partial charge in [0.1, 0.15) is 4.90 Å². The molecule has 0 saturated carbocycles. The molecule has 0 radical (unpaired) electrons. The average Bonchev–Trinajstić information content (AvgIpc) is 2.26. The highest BCUT2D eigenvalue weighted by Gasteiger charge is 2.13. The third-order valence-electron chi connectivity index (χ3n) is 2.08. The van der Waals surface area contributed by atoms with E-state index in [0.29, 0.717) is 5.69 Å². The van der Waals surface area contributed by atoms with E-state index in [-0.39, 0.29) is 18.0 Å². The van der Waals surface area contributed by atoms with E-state index < -0.39 is 16.1 Å². The summed E-state index contributed by atoms with van der Waals surface area (Å²) in [6.45, 7) is 0.352. The molecule has 1 aromatic carbocycles. The number of benzene rings is 1. The van der Waals surface area contributed by atoms with Crippen molar-refractivity contribution < 1.29 is 18.3 Å². The van der Waals surface area contributed by atoms with Crippen LogP contribution in [-0.4, -0.2) is 39.9 Å². The highest BCUT2D eigenvalue weighted by atomic mass is 32.2. The lowest BCUT2D eigenvalue weighted by atomic mass is 10.3. The van der Waals surface area contributed by atoms with Gasteiger partial charge in [0.25, 0.3) is 0 Å². The number of aliphatic hydroxyl groups is 1. The number of anilines is 1. The van der Waals surface area contributed by atoms with Gasteiger partial charge >= 0.3 is 0 Å². The minimum atomic E-state index is -3.77. The average molecular weight is 260 g/mol. The van der Waals surface area contributed by atoms with Crippen LogP contribution in [0.15, 0.2) is 29.2 Å². The van der Waals surface area contributed by atoms with Crippen LogP contribution in [0.2, 0.25) is 0 Å². The maximum atomic E-state index is 11.3. The molecule has 17 heavy (non-hydrogen) atoms. The second kappa shape index (κ2) is 5.97. The van der Waals surface area contributed by atoms with Crippen LogP contribution in [0.4, 0.5) is 5.69 Å². The lowest BCUT2D eigenvalue weighted by molar-refractivity contribution is 0.0727. The van der Waals surface area contributed by atoms with Gasteiger partial charge in [0.05, 0.1) is 18.4 Å². The Kier molecular flexibility index (Phi) is 4.88. The van der Waals surface area contributed by atoms with E-state index in [1.165, 1.54) is 13.2 Å². The van der Waals surface area contributed by atoms with Crippen molar-refractivity contribution in [2.24, 2.45) is 5.14 Å². The molecule has 0 spiro atoms. The number of nitrogens with two attached hydrogens (primary N) is 1. The standard InChI is InChI=1S/C10H16N2O4S/c1-16-7-8(13)6-12-9-4-2-3-5-10(9)17(11,14)15/h2-5,8,12-13H,6-7H2,1H3,(H2,11,14,15). The number of sulfonamides is 1. The van der Waals surface area contributed by atoms with Crippen molar-refractivity contribution in [1.82, 2.24) is 0 Å². The predicted molar refractivity (Wildman–Crippen MR) is 64.2 cm³/mol. The van der Waals surface area contributed by atoms with Gasteiger partial charge < -0.3 is 15.2 Å². The number of primary sulfonamides is 1. The van der Waals surface area contributed by atoms with Crippen molar-refractivity contribution in [2.75, 3.05) is 25.6 Å². The fourth-order valence-corrected chi connectivity index (χ4v) is 2.05. The van der Waals surface area contributed by atoms with Crippen LogP contribution in [0.25, 0.3) is 0 Å². The second-order valence-corrected chi connectivity index (χ2v) is 5.06. The lowest BCUT2D eigenvalue weighted by Crippen LogP contribution is -2.25. The van der Waals surface area contributed by atoms with Gasteiger partial charge in [-0.3, -0.25) is 0 Å². The Morgan fingerprint density at radius 1 is 1.47 bits per heavy atom. The molecule has 4 N–H and O–H groups in total. The highest BCUT2D eigenvalue weighted by molar-refractivity contribution is 7.89. The van der Waals surface area contributed by atoms with E-state index >= 15 is 0 Å². The first-order valence-corrected chi connectivity index (χ1v) is 6.52. The molecule has 0 saturated heterocycles. The summed E-state index contributed by atoms with van der Waals surface area (Å²) in [6.07, 6.45) is -0.714. The maximum Gasteiger partial charge on any atom is 0.240 e. The van der Waals surface area contributed by atoms with Crippen molar-refractivity contribution in [3.63, 3.8) is 0 Å². The molecule has 1 rings (SSSR count). The smallest absolute Gasteiger partial charge is 0.240 e. The number of para-hydroxylation sites is 1. The normalized spacial score (nSPS) is 13.4. The minimum Gasteiger partial charge on any atom is -0.389 e. The molecule has 6 nitrogen and oxygen atoms in total. The molecule has 0 aliphatic rings. The van der Waals surface area contributed by atoms with Crippen molar-refractivity contribution in [3.05, 3.63) is 24.3 Å². The Hall–Kier alpha value is -1.15. The summed E-state index contributed by atoms with van der Waals surface area (Å²) < 4.78 is 27.3. The van der Waals surface area contributed by atoms with Crippen molar-refractivity contribution in [2.45, 2.75) is 11.0 Å². The van der Waals surface area contributed by atoms with Gasteiger partial charge in [0.15, 0.2) is 0 Å². The molecule has 0 bridgehead atoms. The zero-order valence-corrected chi connectivity index (χ0v) is 10.3. The Balaban J connectivity index is 2.78. The highest BCUT2D eigenvalue weighted by Crippen LogP contribution is 2.18. The van der Waals surface area contributed by atoms with Crippen LogP contribution in [0.1, 0.15) is 0 Å². The van der Waals surface area contributed by atoms with Crippen LogP contribution in [0.5, 0.6) is 0 Å². The van der Waals surface area contributed by atoms with Gasteiger partial charge in [-0.05, 0) is 12.1 Å². The maximum absolute atomic E-state index is 11.3. The zero-order valence-electron chi connectivity index (χ0n) is 9.46. The number of rotatable bonds is 6. The molecule has 1 unspecified atom stereocenters. The first-order valence-electron chi connectivity index (χ1n) is 4.98. The van der Waals surface area contributed by atoms with Gasteiger partial charge in [-0.15, -0.1) is 0 Å². The predicted octanol–water partition coefficient (Wildman–Crippen LogP) is -0.247. The van der Waals surface area contributed by atoms with E-state index in [4.69, 9.17) is 9.88 Å². The number of nitrogens with one attached hydrogen (secondary N) is 1. The lowest BCUT2D eigenvalue weighted by Gasteiger charge is -2.13. The quantitative estimate of drug-likeness (QED) is 0.655. The van der Waals surface area contributed by atoms with E-state index in [0.717, 1.165) is 0 Å². The van der Waals surface area contributed by atoms with E-state index in [1.807, 2.05) is 0 Å². The Labute approximate surface area is 100 Å².